The van der Waals surface area contributed by atoms with Crippen LogP contribution in [0.4, 0.5) is 4.79 Å². The van der Waals surface area contributed by atoms with Crippen molar-refractivity contribution in [3.8, 4) is 0 Å². The van der Waals surface area contributed by atoms with Crippen LogP contribution in [0.2, 0.25) is 0 Å². The van der Waals surface area contributed by atoms with Gasteiger partial charge in [-0.05, 0) is 40.0 Å². The van der Waals surface area contributed by atoms with Crippen molar-refractivity contribution in [1.29, 1.82) is 0 Å². The van der Waals surface area contributed by atoms with Gasteiger partial charge < -0.3 is 19.5 Å². The largest absolute Gasteiger partial charge is 0.444 e. The smallest absolute Gasteiger partial charge is 0.410 e. The number of aliphatic hydroxyl groups excluding tert-OH is 1. The van der Waals surface area contributed by atoms with Crippen molar-refractivity contribution in [2.45, 2.75) is 77.1 Å². The highest BCUT2D eigenvalue weighted by molar-refractivity contribution is 5.68. The average molecular weight is 327 g/mol. The number of amides is 1. The lowest BCUT2D eigenvalue weighted by molar-refractivity contribution is 0.0206. The number of likely N-dealkylation sites (tertiary alicyclic amines) is 1. The molecule has 1 aliphatic rings. The Morgan fingerprint density at radius 3 is 2.70 bits per heavy atom. The molecule has 0 radical (unpaired) electrons. The molecule has 0 saturated carbocycles. The highest BCUT2D eigenvalue weighted by Gasteiger charge is 2.29. The molecule has 0 aliphatic carbocycles. The minimum atomic E-state index is -0.449. The van der Waals surface area contributed by atoms with Gasteiger partial charge in [-0.25, -0.2) is 4.79 Å². The zero-order chi connectivity index (χ0) is 17.3. The fraction of sp³-hybridized carbons (Fsp3) is 0.833. The van der Waals surface area contributed by atoms with Crippen molar-refractivity contribution < 1.29 is 19.4 Å². The zero-order valence-corrected chi connectivity index (χ0v) is 14.9. The highest BCUT2D eigenvalue weighted by Crippen LogP contribution is 2.17. The van der Waals surface area contributed by atoms with E-state index >= 15 is 0 Å². The molecule has 2 atom stereocenters. The number of nitrogens with zero attached hydrogens (tertiary/aromatic N) is 1. The SMILES string of the molecule is C=CC(O)CCCCCCO[C@@H]1CCN(C(=O)OC(C)(C)C)C1. The van der Waals surface area contributed by atoms with Crippen LogP contribution in [0.3, 0.4) is 0 Å². The second-order valence-electron chi connectivity index (χ2n) is 7.21. The maximum Gasteiger partial charge on any atom is 0.410 e. The summed E-state index contributed by atoms with van der Waals surface area (Å²) in [4.78, 5) is 13.7. The Morgan fingerprint density at radius 2 is 2.04 bits per heavy atom. The first kappa shape index (κ1) is 20.0. The van der Waals surface area contributed by atoms with E-state index in [-0.39, 0.29) is 18.3 Å². The summed E-state index contributed by atoms with van der Waals surface area (Å²) in [5.74, 6) is 0. The molecular formula is C18H33NO4. The van der Waals surface area contributed by atoms with Crippen LogP contribution in [0.1, 0.15) is 59.3 Å². The first-order valence-electron chi connectivity index (χ1n) is 8.72. The van der Waals surface area contributed by atoms with Crippen LogP contribution in [-0.2, 0) is 9.47 Å². The first-order chi connectivity index (χ1) is 10.8. The van der Waals surface area contributed by atoms with Crippen molar-refractivity contribution in [3.63, 3.8) is 0 Å². The van der Waals surface area contributed by atoms with E-state index in [1.807, 2.05) is 20.8 Å². The summed E-state index contributed by atoms with van der Waals surface area (Å²) in [5, 5.41) is 9.36. The van der Waals surface area contributed by atoms with Crippen molar-refractivity contribution in [3.05, 3.63) is 12.7 Å². The lowest BCUT2D eigenvalue weighted by Gasteiger charge is -2.24. The lowest BCUT2D eigenvalue weighted by atomic mass is 10.1. The molecule has 0 aromatic heterocycles. The molecule has 5 heteroatoms. The quantitative estimate of drug-likeness (QED) is 0.520. The predicted molar refractivity (Wildman–Crippen MR) is 91.5 cm³/mol. The Labute approximate surface area is 140 Å². The Balaban J connectivity index is 2.05. The number of rotatable bonds is 9. The molecule has 1 unspecified atom stereocenters. The van der Waals surface area contributed by atoms with Gasteiger partial charge in [0.2, 0.25) is 0 Å². The molecule has 1 heterocycles. The van der Waals surface area contributed by atoms with Gasteiger partial charge in [0.15, 0.2) is 0 Å². The van der Waals surface area contributed by atoms with Gasteiger partial charge in [0, 0.05) is 13.2 Å². The maximum atomic E-state index is 12.0. The van der Waals surface area contributed by atoms with Crippen LogP contribution in [0.5, 0.6) is 0 Å². The third kappa shape index (κ3) is 8.96. The number of hydrogen-bond acceptors (Lipinski definition) is 4. The molecule has 23 heavy (non-hydrogen) atoms. The molecule has 0 bridgehead atoms. The van der Waals surface area contributed by atoms with Gasteiger partial charge in [-0.3, -0.25) is 0 Å². The maximum absolute atomic E-state index is 12.0. The predicted octanol–water partition coefficient (Wildman–Crippen LogP) is 3.51. The number of carbonyl (C=O) groups excluding carboxylic acids is 1. The summed E-state index contributed by atoms with van der Waals surface area (Å²) in [6.45, 7) is 11.3. The minimum absolute atomic E-state index is 0.130. The molecule has 5 nitrogen and oxygen atoms in total. The fourth-order valence-corrected chi connectivity index (χ4v) is 2.53. The number of unbranched alkanes of at least 4 members (excludes halogenated alkanes) is 3. The minimum Gasteiger partial charge on any atom is -0.444 e. The van der Waals surface area contributed by atoms with Crippen molar-refractivity contribution in [2.75, 3.05) is 19.7 Å². The lowest BCUT2D eigenvalue weighted by Crippen LogP contribution is -2.36. The summed E-state index contributed by atoms with van der Waals surface area (Å²) in [7, 11) is 0. The monoisotopic (exact) mass is 327 g/mol. The van der Waals surface area contributed by atoms with Gasteiger partial charge in [0.1, 0.15) is 5.60 Å². The molecule has 1 rings (SSSR count). The van der Waals surface area contributed by atoms with Gasteiger partial charge in [0.05, 0.1) is 18.8 Å². The Morgan fingerprint density at radius 1 is 1.35 bits per heavy atom. The van der Waals surface area contributed by atoms with Crippen LogP contribution in [0.15, 0.2) is 12.7 Å². The number of aliphatic hydroxyl groups is 1. The third-order valence-corrected chi connectivity index (χ3v) is 3.82. The molecule has 1 saturated heterocycles. The van der Waals surface area contributed by atoms with E-state index in [2.05, 4.69) is 6.58 Å². The van der Waals surface area contributed by atoms with Crippen LogP contribution < -0.4 is 0 Å². The second kappa shape index (κ2) is 9.93. The third-order valence-electron chi connectivity index (χ3n) is 3.82. The molecule has 134 valence electrons. The van der Waals surface area contributed by atoms with Gasteiger partial charge in [-0.15, -0.1) is 6.58 Å². The molecule has 1 N–H and O–H groups in total. The first-order valence-corrected chi connectivity index (χ1v) is 8.72. The summed E-state index contributed by atoms with van der Waals surface area (Å²) >= 11 is 0. The van der Waals surface area contributed by atoms with E-state index in [9.17, 15) is 9.90 Å². The van der Waals surface area contributed by atoms with E-state index in [1.165, 1.54) is 0 Å². The van der Waals surface area contributed by atoms with E-state index in [0.717, 1.165) is 45.1 Å². The summed E-state index contributed by atoms with van der Waals surface area (Å²) in [6, 6.07) is 0. The molecule has 1 amide bonds. The van der Waals surface area contributed by atoms with E-state index in [1.54, 1.807) is 11.0 Å². The van der Waals surface area contributed by atoms with E-state index in [4.69, 9.17) is 9.47 Å². The van der Waals surface area contributed by atoms with Crippen LogP contribution in [0.25, 0.3) is 0 Å². The van der Waals surface area contributed by atoms with Crippen LogP contribution >= 0.6 is 0 Å². The second-order valence-corrected chi connectivity index (χ2v) is 7.21. The van der Waals surface area contributed by atoms with E-state index in [0.29, 0.717) is 13.1 Å². The topological polar surface area (TPSA) is 59.0 Å². The normalized spacial score (nSPS) is 19.7. The molecule has 0 aromatic carbocycles. The van der Waals surface area contributed by atoms with Crippen molar-refractivity contribution >= 4 is 6.09 Å². The van der Waals surface area contributed by atoms with E-state index < -0.39 is 5.60 Å². The van der Waals surface area contributed by atoms with Crippen LogP contribution in [-0.4, -0.2) is 53.6 Å². The molecule has 0 aromatic rings. The standard InChI is InChI=1S/C18H33NO4/c1-5-15(20)10-8-6-7-9-13-22-16-11-12-19(14-16)17(21)23-18(2,3)4/h5,15-16,20H,1,6-14H2,2-4H3/t15?,16-/m1/s1. The molecule has 0 spiro atoms. The Kier molecular flexibility index (Phi) is 8.63. The Bertz CT molecular complexity index is 365. The zero-order valence-electron chi connectivity index (χ0n) is 14.9. The highest BCUT2D eigenvalue weighted by atomic mass is 16.6. The van der Waals surface area contributed by atoms with Crippen molar-refractivity contribution in [1.82, 2.24) is 4.90 Å². The van der Waals surface area contributed by atoms with Gasteiger partial charge in [-0.1, -0.05) is 25.3 Å². The number of ether oxygens (including phenoxy) is 2. The molecular weight excluding hydrogens is 294 g/mol. The summed E-state index contributed by atoms with van der Waals surface area (Å²) < 4.78 is 11.2. The van der Waals surface area contributed by atoms with Gasteiger partial charge in [-0.2, -0.15) is 0 Å². The number of hydrogen-bond donors (Lipinski definition) is 1. The summed E-state index contributed by atoms with van der Waals surface area (Å²) in [5.41, 5.74) is -0.449. The molecule has 1 fully saturated rings. The van der Waals surface area contributed by atoms with Crippen molar-refractivity contribution in [2.24, 2.45) is 0 Å². The van der Waals surface area contributed by atoms with Crippen LogP contribution in [0, 0.1) is 0 Å². The Hall–Kier alpha value is -1.07. The fourth-order valence-electron chi connectivity index (χ4n) is 2.53. The average Bonchev–Trinajstić information content (AvgIpc) is 2.93. The molecule has 1 aliphatic heterocycles. The summed E-state index contributed by atoms with van der Waals surface area (Å²) in [6.07, 6.45) is 7.01. The van der Waals surface area contributed by atoms with Gasteiger partial charge in [0.25, 0.3) is 0 Å². The van der Waals surface area contributed by atoms with Gasteiger partial charge >= 0.3 is 6.09 Å². The number of carbonyl (C=O) groups is 1.